The summed E-state index contributed by atoms with van der Waals surface area (Å²) in [5.74, 6) is 1.34. The van der Waals surface area contributed by atoms with Crippen LogP contribution >= 0.6 is 0 Å². The van der Waals surface area contributed by atoms with E-state index in [0.717, 1.165) is 18.4 Å². The Hall–Kier alpha value is -2.04. The third-order valence-corrected chi connectivity index (χ3v) is 3.84. The SMILES string of the molecule is CCCCCCCCCC(=O)NN=Cc1cc(OC)ccc1OC. The molecule has 0 saturated carbocycles. The highest BCUT2D eigenvalue weighted by atomic mass is 16.5. The number of benzene rings is 1. The first kappa shape index (κ1) is 20.0. The molecular weight excluding hydrogens is 304 g/mol. The summed E-state index contributed by atoms with van der Waals surface area (Å²) >= 11 is 0. The van der Waals surface area contributed by atoms with Gasteiger partial charge in [-0.05, 0) is 24.6 Å². The van der Waals surface area contributed by atoms with Crippen molar-refractivity contribution in [3.63, 3.8) is 0 Å². The van der Waals surface area contributed by atoms with Crippen LogP contribution in [0.1, 0.15) is 63.9 Å². The van der Waals surface area contributed by atoms with E-state index in [1.807, 2.05) is 12.1 Å². The van der Waals surface area contributed by atoms with Crippen LogP contribution < -0.4 is 14.9 Å². The van der Waals surface area contributed by atoms with Crippen LogP contribution in [0.3, 0.4) is 0 Å². The maximum absolute atomic E-state index is 11.8. The van der Waals surface area contributed by atoms with E-state index in [1.54, 1.807) is 26.5 Å². The number of ether oxygens (including phenoxy) is 2. The monoisotopic (exact) mass is 334 g/mol. The number of unbranched alkanes of at least 4 members (excludes halogenated alkanes) is 6. The number of methoxy groups -OCH3 is 2. The van der Waals surface area contributed by atoms with E-state index in [4.69, 9.17) is 9.47 Å². The van der Waals surface area contributed by atoms with E-state index < -0.39 is 0 Å². The topological polar surface area (TPSA) is 59.9 Å². The largest absolute Gasteiger partial charge is 0.497 e. The number of carbonyl (C=O) groups is 1. The van der Waals surface area contributed by atoms with Gasteiger partial charge < -0.3 is 9.47 Å². The van der Waals surface area contributed by atoms with E-state index in [0.29, 0.717) is 17.9 Å². The van der Waals surface area contributed by atoms with Crippen molar-refractivity contribution < 1.29 is 14.3 Å². The number of nitrogens with one attached hydrogen (secondary N) is 1. The zero-order chi connectivity index (χ0) is 17.6. The van der Waals surface area contributed by atoms with Gasteiger partial charge in [0.15, 0.2) is 0 Å². The summed E-state index contributed by atoms with van der Waals surface area (Å²) < 4.78 is 10.4. The van der Waals surface area contributed by atoms with Gasteiger partial charge in [0.05, 0.1) is 20.4 Å². The van der Waals surface area contributed by atoms with Crippen molar-refractivity contribution in [1.29, 1.82) is 0 Å². The molecule has 0 radical (unpaired) electrons. The average molecular weight is 334 g/mol. The van der Waals surface area contributed by atoms with Gasteiger partial charge in [-0.1, -0.05) is 45.4 Å². The molecule has 1 rings (SSSR count). The fraction of sp³-hybridized carbons (Fsp3) is 0.579. The van der Waals surface area contributed by atoms with E-state index in [-0.39, 0.29) is 5.91 Å². The van der Waals surface area contributed by atoms with Gasteiger partial charge in [0.2, 0.25) is 5.91 Å². The van der Waals surface area contributed by atoms with E-state index in [1.165, 1.54) is 32.1 Å². The van der Waals surface area contributed by atoms with E-state index in [9.17, 15) is 4.79 Å². The lowest BCUT2D eigenvalue weighted by molar-refractivity contribution is -0.121. The number of hydrogen-bond acceptors (Lipinski definition) is 4. The molecule has 1 amide bonds. The summed E-state index contributed by atoms with van der Waals surface area (Å²) in [4.78, 5) is 11.8. The maximum Gasteiger partial charge on any atom is 0.240 e. The molecule has 0 aliphatic heterocycles. The standard InChI is InChI=1S/C19H30N2O3/c1-4-5-6-7-8-9-10-11-19(22)21-20-15-16-14-17(23-2)12-13-18(16)24-3/h12-15H,4-11H2,1-3H3,(H,21,22). The third-order valence-electron chi connectivity index (χ3n) is 3.84. The fourth-order valence-corrected chi connectivity index (χ4v) is 2.41. The fourth-order valence-electron chi connectivity index (χ4n) is 2.41. The molecule has 0 bridgehead atoms. The number of hydrogen-bond donors (Lipinski definition) is 1. The zero-order valence-electron chi connectivity index (χ0n) is 15.1. The quantitative estimate of drug-likeness (QED) is 0.352. The molecule has 1 aromatic carbocycles. The Morgan fingerprint density at radius 2 is 1.79 bits per heavy atom. The second-order valence-electron chi connectivity index (χ2n) is 5.77. The van der Waals surface area contributed by atoms with E-state index >= 15 is 0 Å². The van der Waals surface area contributed by atoms with Crippen molar-refractivity contribution in [3.8, 4) is 11.5 Å². The van der Waals surface area contributed by atoms with Gasteiger partial charge in [-0.2, -0.15) is 5.10 Å². The average Bonchev–Trinajstić information content (AvgIpc) is 2.60. The predicted octanol–water partition coefficient (Wildman–Crippen LogP) is 4.29. The first-order valence-electron chi connectivity index (χ1n) is 8.75. The van der Waals surface area contributed by atoms with Crippen LogP contribution in [0.4, 0.5) is 0 Å². The first-order chi connectivity index (χ1) is 11.7. The molecule has 0 aliphatic rings. The first-order valence-corrected chi connectivity index (χ1v) is 8.75. The highest BCUT2D eigenvalue weighted by Crippen LogP contribution is 2.22. The lowest BCUT2D eigenvalue weighted by Gasteiger charge is -2.06. The number of rotatable bonds is 12. The van der Waals surface area contributed by atoms with Gasteiger partial charge in [0.25, 0.3) is 0 Å². The summed E-state index contributed by atoms with van der Waals surface area (Å²) in [6.45, 7) is 2.21. The van der Waals surface area contributed by atoms with Gasteiger partial charge in [-0.3, -0.25) is 4.79 Å². The van der Waals surface area contributed by atoms with Crippen LogP contribution in [0, 0.1) is 0 Å². The van der Waals surface area contributed by atoms with Crippen molar-refractivity contribution in [3.05, 3.63) is 23.8 Å². The highest BCUT2D eigenvalue weighted by Gasteiger charge is 2.03. The molecule has 1 aromatic rings. The minimum absolute atomic E-state index is 0.0540. The second-order valence-corrected chi connectivity index (χ2v) is 5.77. The molecule has 0 aliphatic carbocycles. The van der Waals surface area contributed by atoms with Crippen molar-refractivity contribution >= 4 is 12.1 Å². The van der Waals surface area contributed by atoms with Gasteiger partial charge >= 0.3 is 0 Å². The number of carbonyl (C=O) groups excluding carboxylic acids is 1. The Morgan fingerprint density at radius 3 is 2.46 bits per heavy atom. The van der Waals surface area contributed by atoms with Crippen LogP contribution in [-0.2, 0) is 4.79 Å². The molecule has 24 heavy (non-hydrogen) atoms. The second kappa shape index (κ2) is 12.4. The number of nitrogens with zero attached hydrogens (tertiary/aromatic N) is 1. The smallest absolute Gasteiger partial charge is 0.240 e. The molecule has 1 N–H and O–H groups in total. The minimum Gasteiger partial charge on any atom is -0.497 e. The molecular formula is C19H30N2O3. The highest BCUT2D eigenvalue weighted by molar-refractivity contribution is 5.85. The molecule has 5 heteroatoms. The number of amides is 1. The van der Waals surface area contributed by atoms with Crippen molar-refractivity contribution in [2.24, 2.45) is 5.10 Å². The summed E-state index contributed by atoms with van der Waals surface area (Å²) in [5.41, 5.74) is 3.32. The lowest BCUT2D eigenvalue weighted by atomic mass is 10.1. The third kappa shape index (κ3) is 7.99. The molecule has 0 aromatic heterocycles. The molecule has 0 saturated heterocycles. The van der Waals surface area contributed by atoms with Crippen LogP contribution in [0.15, 0.2) is 23.3 Å². The van der Waals surface area contributed by atoms with Gasteiger partial charge in [-0.25, -0.2) is 5.43 Å². The molecule has 0 heterocycles. The normalized spacial score (nSPS) is 10.8. The molecule has 0 fully saturated rings. The van der Waals surface area contributed by atoms with Gasteiger partial charge in [-0.15, -0.1) is 0 Å². The summed E-state index contributed by atoms with van der Waals surface area (Å²) in [7, 11) is 3.20. The zero-order valence-corrected chi connectivity index (χ0v) is 15.1. The Bertz CT molecular complexity index is 515. The Labute approximate surface area is 145 Å². The minimum atomic E-state index is -0.0540. The summed E-state index contributed by atoms with van der Waals surface area (Å²) in [5, 5.41) is 4.00. The van der Waals surface area contributed by atoms with E-state index in [2.05, 4.69) is 17.5 Å². The van der Waals surface area contributed by atoms with Gasteiger partial charge in [0.1, 0.15) is 11.5 Å². The summed E-state index contributed by atoms with van der Waals surface area (Å²) in [6.07, 6.45) is 10.4. The van der Waals surface area contributed by atoms with Crippen LogP contribution in [0.5, 0.6) is 11.5 Å². The van der Waals surface area contributed by atoms with Crippen LogP contribution in [0.25, 0.3) is 0 Å². The van der Waals surface area contributed by atoms with Gasteiger partial charge in [0, 0.05) is 12.0 Å². The Morgan fingerprint density at radius 1 is 1.08 bits per heavy atom. The van der Waals surface area contributed by atoms with Crippen molar-refractivity contribution in [1.82, 2.24) is 5.43 Å². The summed E-state index contributed by atoms with van der Waals surface area (Å²) in [6, 6.07) is 5.43. The molecule has 134 valence electrons. The molecule has 0 unspecified atom stereocenters. The molecule has 0 atom stereocenters. The predicted molar refractivity (Wildman–Crippen MR) is 97.9 cm³/mol. The molecule has 5 nitrogen and oxygen atoms in total. The lowest BCUT2D eigenvalue weighted by Crippen LogP contribution is -2.17. The van der Waals surface area contributed by atoms with Crippen LogP contribution in [-0.4, -0.2) is 26.3 Å². The Kier molecular flexibility index (Phi) is 10.3. The number of hydrazone groups is 1. The Balaban J connectivity index is 2.30. The van der Waals surface area contributed by atoms with Crippen molar-refractivity contribution in [2.45, 2.75) is 58.3 Å². The van der Waals surface area contributed by atoms with Crippen molar-refractivity contribution in [2.75, 3.05) is 14.2 Å². The molecule has 0 spiro atoms. The maximum atomic E-state index is 11.8. The van der Waals surface area contributed by atoms with Crippen LogP contribution in [0.2, 0.25) is 0 Å².